The van der Waals surface area contributed by atoms with Gasteiger partial charge in [0.1, 0.15) is 5.82 Å². The smallest absolute Gasteiger partial charge is 0.317 e. The van der Waals surface area contributed by atoms with E-state index in [2.05, 4.69) is 5.32 Å². The molecule has 0 aliphatic carbocycles. The van der Waals surface area contributed by atoms with E-state index in [9.17, 15) is 9.18 Å². The van der Waals surface area contributed by atoms with Gasteiger partial charge in [0.2, 0.25) is 0 Å². The highest BCUT2D eigenvalue weighted by atomic mass is 19.1. The molecule has 2 unspecified atom stereocenters. The predicted molar refractivity (Wildman–Crippen MR) is 95.0 cm³/mol. The fourth-order valence-corrected chi connectivity index (χ4v) is 2.98. The molecule has 5 nitrogen and oxygen atoms in total. The summed E-state index contributed by atoms with van der Waals surface area (Å²) in [4.78, 5) is 14.1. The molecule has 6 heteroatoms. The van der Waals surface area contributed by atoms with E-state index in [1.54, 1.807) is 17.0 Å². The van der Waals surface area contributed by atoms with Gasteiger partial charge in [-0.15, -0.1) is 0 Å². The number of halogens is 1. The highest BCUT2D eigenvalue weighted by Crippen LogP contribution is 2.20. The number of nitrogens with one attached hydrogen (secondary N) is 1. The van der Waals surface area contributed by atoms with Crippen molar-refractivity contribution in [2.24, 2.45) is 0 Å². The van der Waals surface area contributed by atoms with Gasteiger partial charge in [0.25, 0.3) is 0 Å². The number of hydrogen-bond donors (Lipinski definition) is 1. The number of nitrogens with zero attached hydrogens (tertiary/aromatic N) is 1. The van der Waals surface area contributed by atoms with E-state index in [0.717, 1.165) is 31.4 Å². The Morgan fingerprint density at radius 2 is 2.20 bits per heavy atom. The Kier molecular flexibility index (Phi) is 8.15. The first kappa shape index (κ1) is 19.7. The third-order valence-corrected chi connectivity index (χ3v) is 4.49. The van der Waals surface area contributed by atoms with E-state index < -0.39 is 0 Å². The molecule has 25 heavy (non-hydrogen) atoms. The highest BCUT2D eigenvalue weighted by Gasteiger charge is 2.19. The van der Waals surface area contributed by atoms with E-state index in [1.165, 1.54) is 12.1 Å². The summed E-state index contributed by atoms with van der Waals surface area (Å²) in [5, 5.41) is 2.93. The number of carbonyl (C=O) groups is 1. The van der Waals surface area contributed by atoms with E-state index in [4.69, 9.17) is 9.47 Å². The van der Waals surface area contributed by atoms with Crippen LogP contribution < -0.4 is 5.32 Å². The molecule has 1 N–H and O–H groups in total. The maximum absolute atomic E-state index is 13.0. The van der Waals surface area contributed by atoms with Crippen molar-refractivity contribution >= 4 is 6.03 Å². The summed E-state index contributed by atoms with van der Waals surface area (Å²) in [6.45, 7) is 7.11. The van der Waals surface area contributed by atoms with Gasteiger partial charge in [0.15, 0.2) is 0 Å². The quantitative estimate of drug-likeness (QED) is 0.692. The van der Waals surface area contributed by atoms with Crippen LogP contribution in [-0.4, -0.2) is 49.9 Å². The van der Waals surface area contributed by atoms with Gasteiger partial charge in [-0.25, -0.2) is 9.18 Å². The molecule has 140 valence electrons. The SMILES string of the molecule is CCN(C(=O)NCCCOCC1CCCO1)C(C)c1ccc(F)cc1. The van der Waals surface area contributed by atoms with Gasteiger partial charge in [-0.2, -0.15) is 0 Å². The van der Waals surface area contributed by atoms with Crippen LogP contribution in [0.25, 0.3) is 0 Å². The summed E-state index contributed by atoms with van der Waals surface area (Å²) in [7, 11) is 0. The van der Waals surface area contributed by atoms with Crippen LogP contribution in [0.4, 0.5) is 9.18 Å². The van der Waals surface area contributed by atoms with Crippen LogP contribution in [0.2, 0.25) is 0 Å². The van der Waals surface area contributed by atoms with Crippen molar-refractivity contribution in [2.75, 3.05) is 32.9 Å². The van der Waals surface area contributed by atoms with Crippen molar-refractivity contribution in [2.45, 2.75) is 45.3 Å². The van der Waals surface area contributed by atoms with Crippen LogP contribution >= 0.6 is 0 Å². The molecule has 1 heterocycles. The van der Waals surface area contributed by atoms with Crippen LogP contribution in [0.15, 0.2) is 24.3 Å². The summed E-state index contributed by atoms with van der Waals surface area (Å²) in [6, 6.07) is 6.05. The molecule has 0 radical (unpaired) electrons. The van der Waals surface area contributed by atoms with Crippen LogP contribution in [0.1, 0.15) is 44.7 Å². The number of ether oxygens (including phenoxy) is 2. The molecule has 2 rings (SSSR count). The summed E-state index contributed by atoms with van der Waals surface area (Å²) < 4.78 is 24.1. The second-order valence-electron chi connectivity index (χ2n) is 6.31. The molecule has 1 fully saturated rings. The lowest BCUT2D eigenvalue weighted by molar-refractivity contribution is 0.0167. The fourth-order valence-electron chi connectivity index (χ4n) is 2.98. The van der Waals surface area contributed by atoms with Gasteiger partial charge in [0.05, 0.1) is 18.8 Å². The maximum atomic E-state index is 13.0. The Hall–Kier alpha value is -1.66. The first-order chi connectivity index (χ1) is 12.1. The summed E-state index contributed by atoms with van der Waals surface area (Å²) >= 11 is 0. The standard InChI is InChI=1S/C19H29FN2O3/c1-3-22(15(2)16-7-9-17(20)10-8-16)19(23)21-11-5-12-24-14-18-6-4-13-25-18/h7-10,15,18H,3-6,11-14H2,1-2H3,(H,21,23). The first-order valence-corrected chi connectivity index (χ1v) is 9.11. The van der Waals surface area contributed by atoms with Crippen LogP contribution in [0, 0.1) is 5.82 Å². The van der Waals surface area contributed by atoms with Gasteiger partial charge in [-0.1, -0.05) is 12.1 Å². The number of urea groups is 1. The lowest BCUT2D eigenvalue weighted by atomic mass is 10.1. The van der Waals surface area contributed by atoms with E-state index in [-0.39, 0.29) is 24.0 Å². The molecule has 1 aliphatic heterocycles. The highest BCUT2D eigenvalue weighted by molar-refractivity contribution is 5.74. The van der Waals surface area contributed by atoms with Crippen LogP contribution in [0.5, 0.6) is 0 Å². The van der Waals surface area contributed by atoms with Crippen molar-refractivity contribution in [3.63, 3.8) is 0 Å². The average Bonchev–Trinajstić information content (AvgIpc) is 3.12. The Balaban J connectivity index is 1.67. The van der Waals surface area contributed by atoms with Crippen LogP contribution in [-0.2, 0) is 9.47 Å². The van der Waals surface area contributed by atoms with Crippen molar-refractivity contribution in [3.8, 4) is 0 Å². The molecular weight excluding hydrogens is 323 g/mol. The minimum atomic E-state index is -0.272. The minimum absolute atomic E-state index is 0.110. The molecule has 0 bridgehead atoms. The zero-order valence-electron chi connectivity index (χ0n) is 15.2. The molecule has 0 spiro atoms. The second-order valence-corrected chi connectivity index (χ2v) is 6.31. The van der Waals surface area contributed by atoms with Crippen molar-refractivity contribution in [1.82, 2.24) is 10.2 Å². The summed E-state index contributed by atoms with van der Waals surface area (Å²) in [6.07, 6.45) is 3.19. The maximum Gasteiger partial charge on any atom is 0.317 e. The lowest BCUT2D eigenvalue weighted by Gasteiger charge is -2.28. The van der Waals surface area contributed by atoms with Crippen molar-refractivity contribution in [1.29, 1.82) is 0 Å². The Morgan fingerprint density at radius 1 is 1.44 bits per heavy atom. The number of rotatable bonds is 9. The number of benzene rings is 1. The average molecular weight is 352 g/mol. The lowest BCUT2D eigenvalue weighted by Crippen LogP contribution is -2.41. The summed E-state index contributed by atoms with van der Waals surface area (Å²) in [5.41, 5.74) is 0.915. The van der Waals surface area contributed by atoms with Crippen molar-refractivity contribution in [3.05, 3.63) is 35.6 Å². The Morgan fingerprint density at radius 3 is 2.84 bits per heavy atom. The number of carbonyl (C=O) groups excluding carboxylic acids is 1. The summed E-state index contributed by atoms with van der Waals surface area (Å²) in [5.74, 6) is -0.272. The molecule has 1 aliphatic rings. The van der Waals surface area contributed by atoms with Crippen molar-refractivity contribution < 1.29 is 18.7 Å². The van der Waals surface area contributed by atoms with Gasteiger partial charge < -0.3 is 19.7 Å². The van der Waals surface area contributed by atoms with Gasteiger partial charge >= 0.3 is 6.03 Å². The molecule has 1 aromatic rings. The fraction of sp³-hybridized carbons (Fsp3) is 0.632. The van der Waals surface area contributed by atoms with E-state index in [0.29, 0.717) is 26.3 Å². The molecule has 1 saturated heterocycles. The molecule has 0 saturated carbocycles. The topological polar surface area (TPSA) is 50.8 Å². The third-order valence-electron chi connectivity index (χ3n) is 4.49. The molecular formula is C19H29FN2O3. The van der Waals surface area contributed by atoms with Gasteiger partial charge in [-0.05, 0) is 50.8 Å². The minimum Gasteiger partial charge on any atom is -0.379 e. The molecule has 2 amide bonds. The zero-order chi connectivity index (χ0) is 18.1. The molecule has 0 aromatic heterocycles. The third kappa shape index (κ3) is 6.29. The number of hydrogen-bond acceptors (Lipinski definition) is 3. The predicted octanol–water partition coefficient (Wildman–Crippen LogP) is 3.50. The van der Waals surface area contributed by atoms with Gasteiger partial charge in [-0.3, -0.25) is 0 Å². The van der Waals surface area contributed by atoms with Crippen LogP contribution in [0.3, 0.4) is 0 Å². The normalized spacial score (nSPS) is 18.1. The molecule has 1 aromatic carbocycles. The monoisotopic (exact) mass is 352 g/mol. The number of amides is 2. The van der Waals surface area contributed by atoms with E-state index in [1.807, 2.05) is 13.8 Å². The van der Waals surface area contributed by atoms with Gasteiger partial charge in [0, 0.05) is 26.3 Å². The van der Waals surface area contributed by atoms with E-state index >= 15 is 0 Å². The Bertz CT molecular complexity index is 518. The Labute approximate surface area is 149 Å². The first-order valence-electron chi connectivity index (χ1n) is 9.11. The molecule has 2 atom stereocenters. The zero-order valence-corrected chi connectivity index (χ0v) is 15.2. The largest absolute Gasteiger partial charge is 0.379 e. The second kappa shape index (κ2) is 10.4.